The van der Waals surface area contributed by atoms with Gasteiger partial charge in [-0.05, 0) is 105 Å². The van der Waals surface area contributed by atoms with E-state index in [9.17, 15) is 29.2 Å². The Bertz CT molecular complexity index is 2310. The Morgan fingerprint density at radius 2 is 1.55 bits per heavy atom. The van der Waals surface area contributed by atoms with Gasteiger partial charge in [0, 0.05) is 94.3 Å². The van der Waals surface area contributed by atoms with Crippen LogP contribution in [0.5, 0.6) is 0 Å². The van der Waals surface area contributed by atoms with Gasteiger partial charge in [0.15, 0.2) is 0 Å². The minimum absolute atomic E-state index is 0.0739. The van der Waals surface area contributed by atoms with Gasteiger partial charge in [0.25, 0.3) is 17.7 Å². The number of fused-ring (bicyclic) bond motifs is 1. The molecule has 6 aliphatic heterocycles. The van der Waals surface area contributed by atoms with Gasteiger partial charge in [0.1, 0.15) is 17.9 Å². The van der Waals surface area contributed by atoms with Crippen molar-refractivity contribution in [2.24, 2.45) is 5.41 Å². The molecular formula is C45H48ClFN8O5. The Labute approximate surface area is 353 Å². The number of nitrogens with zero attached hydrogens (tertiary/aromatic N) is 7. The number of hydrogen-bond acceptors (Lipinski definition) is 10. The van der Waals surface area contributed by atoms with Crippen LogP contribution in [0.2, 0.25) is 5.02 Å². The molecule has 3 aromatic rings. The van der Waals surface area contributed by atoms with Crippen molar-refractivity contribution in [1.82, 2.24) is 20.0 Å². The van der Waals surface area contributed by atoms with Crippen LogP contribution in [-0.4, -0.2) is 121 Å². The number of anilines is 3. The van der Waals surface area contributed by atoms with Gasteiger partial charge < -0.3 is 19.6 Å². The molecule has 2 atom stereocenters. The number of nitrogens with one attached hydrogen (secondary N) is 1. The maximum absolute atomic E-state index is 15.7. The van der Waals surface area contributed by atoms with Gasteiger partial charge in [-0.15, -0.1) is 0 Å². The normalized spacial score (nSPS) is 23.7. The lowest BCUT2D eigenvalue weighted by molar-refractivity contribution is -0.136. The lowest BCUT2D eigenvalue weighted by atomic mass is 9.76. The molecule has 15 heteroatoms. The van der Waals surface area contributed by atoms with Crippen molar-refractivity contribution in [3.05, 3.63) is 87.7 Å². The largest absolute Gasteiger partial charge is 0.369 e. The van der Waals surface area contributed by atoms with Crippen molar-refractivity contribution in [2.75, 3.05) is 73.6 Å². The molecule has 5 fully saturated rings. The van der Waals surface area contributed by atoms with Crippen LogP contribution in [0.15, 0.2) is 54.6 Å². The smallest absolute Gasteiger partial charge is 0.262 e. The van der Waals surface area contributed by atoms with E-state index in [1.807, 2.05) is 23.1 Å². The van der Waals surface area contributed by atoms with Crippen molar-refractivity contribution < 1.29 is 28.4 Å². The second-order valence-electron chi connectivity index (χ2n) is 17.3. The average Bonchev–Trinajstić information content (AvgIpc) is 3.71. The van der Waals surface area contributed by atoms with Gasteiger partial charge in [-0.3, -0.25) is 39.1 Å². The number of halogens is 2. The molecule has 6 heterocycles. The van der Waals surface area contributed by atoms with Gasteiger partial charge in [-0.2, -0.15) is 5.26 Å². The number of imide groups is 2. The SMILES string of the molecule is C[C@H]1CC2(CCN(c3ccc(C(=O)N4CCC(N5CCN(c6ccc7c(c6)C(=O)N(C6CCC(=O)NC6=O)C7=O)CC5)CC4)cc3F)CC2)CN1c1ccc(C#N)c(Cl)c1. The van der Waals surface area contributed by atoms with Gasteiger partial charge in [-0.25, -0.2) is 4.39 Å². The summed E-state index contributed by atoms with van der Waals surface area (Å²) in [6.45, 7) is 8.84. The molecule has 0 radical (unpaired) electrons. The maximum Gasteiger partial charge on any atom is 0.262 e. The Balaban J connectivity index is 0.749. The molecule has 1 N–H and O–H groups in total. The zero-order chi connectivity index (χ0) is 41.9. The highest BCUT2D eigenvalue weighted by Crippen LogP contribution is 2.46. The van der Waals surface area contributed by atoms with Crippen LogP contribution in [0.25, 0.3) is 0 Å². The van der Waals surface area contributed by atoms with Crippen molar-refractivity contribution in [1.29, 1.82) is 5.26 Å². The monoisotopic (exact) mass is 834 g/mol. The summed E-state index contributed by atoms with van der Waals surface area (Å²) in [5.41, 5.74) is 3.90. The van der Waals surface area contributed by atoms with E-state index in [0.29, 0.717) is 47.0 Å². The number of likely N-dealkylation sites (tertiary alicyclic amines) is 1. The molecule has 13 nitrogen and oxygen atoms in total. The number of piperazine rings is 1. The molecule has 312 valence electrons. The predicted molar refractivity (Wildman–Crippen MR) is 224 cm³/mol. The summed E-state index contributed by atoms with van der Waals surface area (Å²) in [6.07, 6.45) is 4.75. The van der Waals surface area contributed by atoms with Crippen LogP contribution in [-0.2, 0) is 9.59 Å². The minimum Gasteiger partial charge on any atom is -0.369 e. The molecule has 0 aliphatic carbocycles. The lowest BCUT2D eigenvalue weighted by Crippen LogP contribution is -2.54. The third kappa shape index (κ3) is 7.25. The summed E-state index contributed by atoms with van der Waals surface area (Å²) in [5.74, 6) is -2.58. The zero-order valence-corrected chi connectivity index (χ0v) is 34.4. The van der Waals surface area contributed by atoms with Gasteiger partial charge in [0.05, 0.1) is 27.4 Å². The fourth-order valence-corrected chi connectivity index (χ4v) is 10.8. The first-order chi connectivity index (χ1) is 28.9. The number of carbonyl (C=O) groups excluding carboxylic acids is 5. The van der Waals surface area contributed by atoms with E-state index in [0.717, 1.165) is 94.2 Å². The Morgan fingerprint density at radius 3 is 2.23 bits per heavy atom. The first-order valence-electron chi connectivity index (χ1n) is 21.1. The molecule has 1 spiro atoms. The van der Waals surface area contributed by atoms with Crippen molar-refractivity contribution >= 4 is 58.2 Å². The molecule has 0 saturated carbocycles. The number of amides is 5. The standard InChI is InChI=1S/C45H48ClFN8O5/c1-28-25-45(27-54(28)33-4-2-30(26-48)36(46)24-33)12-16-52(17-13-45)38-7-3-29(22-37(38)47)42(58)53-14-10-31(11-15-53)50-18-20-51(21-19-50)32-5-6-34-35(23-32)44(60)55(43(34)59)39-8-9-40(56)49-41(39)57/h2-7,22-24,28,31,39H,8-21,25,27H2,1H3,(H,49,56,57)/t28-,39?/m0/s1. The van der Waals surface area contributed by atoms with E-state index in [2.05, 4.69) is 37.9 Å². The molecule has 0 aromatic heterocycles. The number of rotatable bonds is 6. The van der Waals surface area contributed by atoms with Crippen LogP contribution in [0.1, 0.15) is 88.5 Å². The van der Waals surface area contributed by atoms with Crippen molar-refractivity contribution in [2.45, 2.75) is 70.0 Å². The molecule has 5 saturated heterocycles. The predicted octanol–water partition coefficient (Wildman–Crippen LogP) is 5.06. The quantitative estimate of drug-likeness (QED) is 0.335. The number of piperidine rings is 3. The second kappa shape index (κ2) is 15.8. The maximum atomic E-state index is 15.7. The summed E-state index contributed by atoms with van der Waals surface area (Å²) >= 11 is 6.36. The van der Waals surface area contributed by atoms with Crippen molar-refractivity contribution in [3.63, 3.8) is 0 Å². The number of benzene rings is 3. The van der Waals surface area contributed by atoms with Crippen LogP contribution in [0.3, 0.4) is 0 Å². The van der Waals surface area contributed by atoms with Crippen LogP contribution < -0.4 is 20.0 Å². The van der Waals surface area contributed by atoms with Crippen LogP contribution in [0.4, 0.5) is 21.5 Å². The van der Waals surface area contributed by atoms with Gasteiger partial charge in [0.2, 0.25) is 11.8 Å². The van der Waals surface area contributed by atoms with E-state index in [-0.39, 0.29) is 41.1 Å². The Kier molecular flexibility index (Phi) is 10.5. The first-order valence-corrected chi connectivity index (χ1v) is 21.4. The number of nitriles is 1. The number of carbonyl (C=O) groups is 5. The third-order valence-electron chi connectivity index (χ3n) is 13.9. The van der Waals surface area contributed by atoms with E-state index in [1.54, 1.807) is 30.3 Å². The minimum atomic E-state index is -0.997. The summed E-state index contributed by atoms with van der Waals surface area (Å²) in [7, 11) is 0. The highest BCUT2D eigenvalue weighted by atomic mass is 35.5. The van der Waals surface area contributed by atoms with Crippen LogP contribution >= 0.6 is 11.6 Å². The summed E-state index contributed by atoms with van der Waals surface area (Å²) < 4.78 is 15.7. The lowest BCUT2D eigenvalue weighted by Gasteiger charge is -2.43. The molecule has 6 aliphatic rings. The average molecular weight is 835 g/mol. The first kappa shape index (κ1) is 39.9. The third-order valence-corrected chi connectivity index (χ3v) is 14.2. The van der Waals surface area contributed by atoms with Gasteiger partial charge in [-0.1, -0.05) is 11.6 Å². The highest BCUT2D eigenvalue weighted by molar-refractivity contribution is 6.32. The molecule has 0 bridgehead atoms. The molecule has 60 heavy (non-hydrogen) atoms. The molecule has 5 amide bonds. The Hall–Kier alpha value is -5.52. The summed E-state index contributed by atoms with van der Waals surface area (Å²) in [6, 6.07) is 17.6. The van der Waals surface area contributed by atoms with Gasteiger partial charge >= 0.3 is 0 Å². The van der Waals surface area contributed by atoms with E-state index >= 15 is 4.39 Å². The highest BCUT2D eigenvalue weighted by Gasteiger charge is 2.46. The van der Waals surface area contributed by atoms with E-state index in [4.69, 9.17) is 11.6 Å². The Morgan fingerprint density at radius 1 is 0.833 bits per heavy atom. The summed E-state index contributed by atoms with van der Waals surface area (Å²) in [5, 5.41) is 12.0. The zero-order valence-electron chi connectivity index (χ0n) is 33.7. The fraction of sp³-hybridized carbons (Fsp3) is 0.467. The summed E-state index contributed by atoms with van der Waals surface area (Å²) in [4.78, 5) is 76.1. The molecule has 3 aromatic carbocycles. The second-order valence-corrected chi connectivity index (χ2v) is 17.7. The van der Waals surface area contributed by atoms with Crippen molar-refractivity contribution in [3.8, 4) is 6.07 Å². The molecular weight excluding hydrogens is 787 g/mol. The fourth-order valence-electron chi connectivity index (χ4n) is 10.5. The molecule has 9 rings (SSSR count). The van der Waals surface area contributed by atoms with Crippen LogP contribution in [0, 0.1) is 22.6 Å². The molecule has 1 unspecified atom stereocenters. The number of hydrogen-bond donors (Lipinski definition) is 1. The van der Waals surface area contributed by atoms with E-state index in [1.165, 1.54) is 6.07 Å². The topological polar surface area (TPSA) is 141 Å². The van der Waals surface area contributed by atoms with E-state index < -0.39 is 29.7 Å².